The van der Waals surface area contributed by atoms with Crippen LogP contribution < -0.4 is 0 Å². The zero-order valence-electron chi connectivity index (χ0n) is 38.0. The smallest absolute Gasteiger partial charge is 0.0818 e. The van der Waals surface area contributed by atoms with Crippen molar-refractivity contribution in [3.8, 4) is 0 Å². The summed E-state index contributed by atoms with van der Waals surface area (Å²) < 4.78 is 24.9. The van der Waals surface area contributed by atoms with E-state index < -0.39 is 0 Å². The Hall–Kier alpha value is -1.46. The van der Waals surface area contributed by atoms with Crippen LogP contribution in [0, 0.1) is 47.3 Å². The van der Waals surface area contributed by atoms with Crippen molar-refractivity contribution in [3.05, 3.63) is 60.3 Å². The molecule has 0 aromatic rings. The van der Waals surface area contributed by atoms with E-state index in [0.717, 1.165) is 73.7 Å². The normalized spacial score (nSPS) is 27.5. The molecule has 0 spiro atoms. The number of unbranched alkanes of at least 4 members (excludes halogenated alkanes) is 10. The van der Waals surface area contributed by atoms with Crippen LogP contribution in [0.5, 0.6) is 0 Å². The van der Waals surface area contributed by atoms with Gasteiger partial charge in [0.15, 0.2) is 0 Å². The van der Waals surface area contributed by atoms with Crippen molar-refractivity contribution < 1.29 is 18.9 Å². The van der Waals surface area contributed by atoms with Crippen LogP contribution in [0.15, 0.2) is 60.3 Å². The van der Waals surface area contributed by atoms with Gasteiger partial charge in [-0.15, -0.1) is 0 Å². The Kier molecular flexibility index (Phi) is 23.8. The second kappa shape index (κ2) is 29.0. The highest BCUT2D eigenvalue weighted by Crippen LogP contribution is 2.58. The van der Waals surface area contributed by atoms with Crippen LogP contribution >= 0.6 is 0 Å². The molecule has 0 heterocycles. The number of rotatable bonds is 32. The largest absolute Gasteiger partial charge is 0.379 e. The summed E-state index contributed by atoms with van der Waals surface area (Å²) in [4.78, 5) is 0. The van der Waals surface area contributed by atoms with E-state index in [1.165, 1.54) is 135 Å². The van der Waals surface area contributed by atoms with Crippen LogP contribution in [0.25, 0.3) is 0 Å². The first kappa shape index (κ1) is 47.6. The molecule has 0 N–H and O–H groups in total. The van der Waals surface area contributed by atoms with Gasteiger partial charge in [0.1, 0.15) is 0 Å². The molecular weight excluding hydrogens is 713 g/mol. The SMILES string of the molecule is CCCCC/C=C\C/C=C\CCCCCCCCOCC(CC1C=CC=C1)OCCOCCO[C@H]1CCC2C(=CCC3C2CCC2C3CC[C@@H]2CCCCC(C)C)C1. The molecule has 8 atom stereocenters. The topological polar surface area (TPSA) is 36.9 Å². The Labute approximate surface area is 358 Å². The molecule has 0 radical (unpaired) electrons. The fraction of sp³-hybridized carbons (Fsp3) is 0.815. The summed E-state index contributed by atoms with van der Waals surface area (Å²) in [6.07, 6.45) is 54.6. The molecule has 0 aliphatic heterocycles. The van der Waals surface area contributed by atoms with Gasteiger partial charge in [0.2, 0.25) is 0 Å². The zero-order valence-corrected chi connectivity index (χ0v) is 38.0. The molecule has 3 saturated carbocycles. The molecule has 0 saturated heterocycles. The lowest BCUT2D eigenvalue weighted by Gasteiger charge is -2.50. The van der Waals surface area contributed by atoms with Crippen molar-refractivity contribution >= 4 is 0 Å². The highest BCUT2D eigenvalue weighted by molar-refractivity contribution is 5.19. The third-order valence-corrected chi connectivity index (χ3v) is 14.8. The van der Waals surface area contributed by atoms with Crippen LogP contribution in [0.3, 0.4) is 0 Å². The zero-order chi connectivity index (χ0) is 40.5. The molecule has 330 valence electrons. The third kappa shape index (κ3) is 17.5. The molecule has 0 aromatic carbocycles. The second-order valence-electron chi connectivity index (χ2n) is 19.6. The van der Waals surface area contributed by atoms with Gasteiger partial charge in [-0.3, -0.25) is 0 Å². The fourth-order valence-corrected chi connectivity index (χ4v) is 11.6. The Balaban J connectivity index is 0.864. The molecule has 5 rings (SSSR count). The molecule has 4 heteroatoms. The van der Waals surface area contributed by atoms with E-state index in [-0.39, 0.29) is 6.10 Å². The van der Waals surface area contributed by atoms with Crippen LogP contribution in [0.1, 0.15) is 181 Å². The van der Waals surface area contributed by atoms with Gasteiger partial charge in [-0.05, 0) is 144 Å². The molecule has 4 nitrogen and oxygen atoms in total. The lowest BCUT2D eigenvalue weighted by molar-refractivity contribution is -0.0564. The van der Waals surface area contributed by atoms with Crippen LogP contribution in [0.2, 0.25) is 0 Å². The molecule has 5 aliphatic rings. The highest BCUT2D eigenvalue weighted by atomic mass is 16.6. The summed E-state index contributed by atoms with van der Waals surface area (Å²) in [6, 6.07) is 0. The van der Waals surface area contributed by atoms with Gasteiger partial charge in [-0.1, -0.05) is 145 Å². The number of fused-ring (bicyclic) bond motifs is 5. The van der Waals surface area contributed by atoms with Crippen LogP contribution in [0.4, 0.5) is 0 Å². The lowest BCUT2D eigenvalue weighted by atomic mass is 9.56. The number of hydrogen-bond donors (Lipinski definition) is 0. The summed E-state index contributed by atoms with van der Waals surface area (Å²) in [5.41, 5.74) is 1.75. The van der Waals surface area contributed by atoms with Crippen molar-refractivity contribution in [2.24, 2.45) is 47.3 Å². The van der Waals surface area contributed by atoms with Gasteiger partial charge in [-0.25, -0.2) is 0 Å². The van der Waals surface area contributed by atoms with E-state index in [0.29, 0.717) is 45.1 Å². The summed E-state index contributed by atoms with van der Waals surface area (Å²) in [6.45, 7) is 11.1. The van der Waals surface area contributed by atoms with E-state index in [1.807, 2.05) is 0 Å². The number of allylic oxidation sites excluding steroid dienone is 9. The van der Waals surface area contributed by atoms with E-state index >= 15 is 0 Å². The summed E-state index contributed by atoms with van der Waals surface area (Å²) >= 11 is 0. The first-order valence-electron chi connectivity index (χ1n) is 25.3. The fourth-order valence-electron chi connectivity index (χ4n) is 11.6. The molecular formula is C54H90O4. The predicted molar refractivity (Wildman–Crippen MR) is 246 cm³/mol. The summed E-state index contributed by atoms with van der Waals surface area (Å²) in [5.74, 6) is 7.17. The Morgan fingerprint density at radius 3 is 2.21 bits per heavy atom. The van der Waals surface area contributed by atoms with E-state index in [2.05, 4.69) is 75.5 Å². The highest BCUT2D eigenvalue weighted by Gasteiger charge is 2.49. The molecule has 58 heavy (non-hydrogen) atoms. The summed E-state index contributed by atoms with van der Waals surface area (Å²) in [7, 11) is 0. The van der Waals surface area contributed by atoms with E-state index in [1.54, 1.807) is 5.57 Å². The van der Waals surface area contributed by atoms with Crippen LogP contribution in [-0.2, 0) is 18.9 Å². The van der Waals surface area contributed by atoms with Gasteiger partial charge < -0.3 is 18.9 Å². The lowest BCUT2D eigenvalue weighted by Crippen LogP contribution is -2.42. The average Bonchev–Trinajstić information content (AvgIpc) is 3.91. The molecule has 6 unspecified atom stereocenters. The maximum absolute atomic E-state index is 6.43. The Bertz CT molecular complexity index is 1200. The van der Waals surface area contributed by atoms with Crippen molar-refractivity contribution in [1.29, 1.82) is 0 Å². The van der Waals surface area contributed by atoms with Crippen molar-refractivity contribution in [1.82, 2.24) is 0 Å². The van der Waals surface area contributed by atoms with Gasteiger partial charge in [0, 0.05) is 6.61 Å². The summed E-state index contributed by atoms with van der Waals surface area (Å²) in [5, 5.41) is 0. The first-order chi connectivity index (χ1) is 28.6. The number of hydrogen-bond acceptors (Lipinski definition) is 4. The van der Waals surface area contributed by atoms with Crippen molar-refractivity contribution in [2.75, 3.05) is 39.6 Å². The average molecular weight is 803 g/mol. The third-order valence-electron chi connectivity index (χ3n) is 14.8. The predicted octanol–water partition coefficient (Wildman–Crippen LogP) is 14.8. The van der Waals surface area contributed by atoms with E-state index in [9.17, 15) is 0 Å². The van der Waals surface area contributed by atoms with Gasteiger partial charge in [0.25, 0.3) is 0 Å². The standard InChI is InChI=1S/C54H90O4/c1-4-5-6-7-8-9-10-11-12-13-14-15-16-17-18-23-36-56-43-49(41-45-25-20-21-26-45)58-40-38-55-37-39-57-48-30-33-51-47(42-48)29-32-54-52-31-28-46(27-22-19-24-44(2)3)50(52)34-35-53(51)54/h8-9,11-12,20-21,25-26,29,44-46,48-54H,4-7,10,13-19,22-24,27-28,30-43H2,1-3H3/b9-8-,12-11-/t46-,48-,49?,50?,51?,52?,53?,54?/m0/s1. The quantitative estimate of drug-likeness (QED) is 0.0501. The first-order valence-corrected chi connectivity index (χ1v) is 25.3. The molecule has 0 amide bonds. The van der Waals surface area contributed by atoms with Crippen LogP contribution in [-0.4, -0.2) is 51.8 Å². The minimum absolute atomic E-state index is 0.102. The van der Waals surface area contributed by atoms with Gasteiger partial charge in [0.05, 0.1) is 45.2 Å². The maximum Gasteiger partial charge on any atom is 0.0818 e. The molecule has 0 aromatic heterocycles. The maximum atomic E-state index is 6.43. The van der Waals surface area contributed by atoms with Gasteiger partial charge in [-0.2, -0.15) is 0 Å². The molecule has 0 bridgehead atoms. The monoisotopic (exact) mass is 803 g/mol. The van der Waals surface area contributed by atoms with E-state index in [4.69, 9.17) is 18.9 Å². The minimum Gasteiger partial charge on any atom is -0.379 e. The molecule has 3 fully saturated rings. The Morgan fingerprint density at radius 1 is 0.655 bits per heavy atom. The van der Waals surface area contributed by atoms with Gasteiger partial charge >= 0.3 is 0 Å². The number of ether oxygens (including phenoxy) is 4. The minimum atomic E-state index is 0.102. The van der Waals surface area contributed by atoms with Crippen molar-refractivity contribution in [3.63, 3.8) is 0 Å². The Morgan fingerprint density at radius 2 is 1.40 bits per heavy atom. The second-order valence-corrected chi connectivity index (χ2v) is 19.6. The molecule has 5 aliphatic carbocycles. The van der Waals surface area contributed by atoms with Crippen molar-refractivity contribution in [2.45, 2.75) is 193 Å².